The van der Waals surface area contributed by atoms with Gasteiger partial charge >= 0.3 is 0 Å². The van der Waals surface area contributed by atoms with Crippen molar-refractivity contribution in [3.05, 3.63) is 28.5 Å². The molecule has 0 unspecified atom stereocenters. The fourth-order valence-corrected chi connectivity index (χ4v) is 1.82. The number of halogens is 1. The first-order chi connectivity index (χ1) is 8.54. The summed E-state index contributed by atoms with van der Waals surface area (Å²) < 4.78 is 5.90. The van der Waals surface area contributed by atoms with Crippen LogP contribution >= 0.6 is 15.9 Å². The predicted octanol–water partition coefficient (Wildman–Crippen LogP) is 2.59. The number of carbonyl (C=O) groups excluding carboxylic acids is 1. The van der Waals surface area contributed by atoms with Crippen molar-refractivity contribution in [1.82, 2.24) is 9.88 Å². The maximum atomic E-state index is 12.3. The van der Waals surface area contributed by atoms with E-state index in [4.69, 9.17) is 4.74 Å². The molecule has 1 amide bonds. The lowest BCUT2D eigenvalue weighted by Crippen LogP contribution is -2.37. The van der Waals surface area contributed by atoms with Crippen molar-refractivity contribution >= 4 is 21.8 Å². The van der Waals surface area contributed by atoms with Gasteiger partial charge in [0.1, 0.15) is 5.69 Å². The van der Waals surface area contributed by atoms with E-state index in [0.717, 1.165) is 4.47 Å². The highest BCUT2D eigenvalue weighted by atomic mass is 79.9. The maximum Gasteiger partial charge on any atom is 0.272 e. The first-order valence-corrected chi connectivity index (χ1v) is 6.73. The Morgan fingerprint density at radius 1 is 1.50 bits per heavy atom. The number of amides is 1. The molecule has 1 aromatic rings. The van der Waals surface area contributed by atoms with Crippen LogP contribution in [0.2, 0.25) is 0 Å². The summed E-state index contributed by atoms with van der Waals surface area (Å²) in [6, 6.07) is 3.55. The number of methoxy groups -OCH3 is 1. The van der Waals surface area contributed by atoms with Gasteiger partial charge in [0.25, 0.3) is 5.91 Å². The highest BCUT2D eigenvalue weighted by molar-refractivity contribution is 9.10. The highest BCUT2D eigenvalue weighted by Gasteiger charge is 2.17. The van der Waals surface area contributed by atoms with Crippen molar-refractivity contribution in [3.8, 4) is 0 Å². The molecular weight excluding hydrogens is 296 g/mol. The van der Waals surface area contributed by atoms with Crippen molar-refractivity contribution < 1.29 is 9.53 Å². The average molecular weight is 315 g/mol. The summed E-state index contributed by atoms with van der Waals surface area (Å²) >= 11 is 3.31. The molecule has 0 radical (unpaired) electrons. The zero-order valence-electron chi connectivity index (χ0n) is 11.0. The molecule has 0 aromatic carbocycles. The van der Waals surface area contributed by atoms with Crippen molar-refractivity contribution in [1.29, 1.82) is 0 Å². The zero-order valence-corrected chi connectivity index (χ0v) is 12.6. The van der Waals surface area contributed by atoms with E-state index in [9.17, 15) is 4.79 Å². The number of pyridine rings is 1. The van der Waals surface area contributed by atoms with E-state index in [1.54, 1.807) is 24.3 Å². The van der Waals surface area contributed by atoms with E-state index in [0.29, 0.717) is 31.3 Å². The molecule has 0 saturated carbocycles. The Morgan fingerprint density at radius 2 is 2.22 bits per heavy atom. The lowest BCUT2D eigenvalue weighted by molar-refractivity contribution is 0.0666. The van der Waals surface area contributed by atoms with Crippen LogP contribution in [0.15, 0.2) is 22.8 Å². The molecule has 1 aromatic heterocycles. The summed E-state index contributed by atoms with van der Waals surface area (Å²) in [7, 11) is 1.63. The van der Waals surface area contributed by atoms with Crippen molar-refractivity contribution in [2.45, 2.75) is 13.8 Å². The van der Waals surface area contributed by atoms with Crippen LogP contribution in [0.1, 0.15) is 24.3 Å². The van der Waals surface area contributed by atoms with Crippen LogP contribution in [-0.4, -0.2) is 42.6 Å². The first-order valence-electron chi connectivity index (χ1n) is 5.94. The van der Waals surface area contributed by atoms with Gasteiger partial charge in [-0.2, -0.15) is 0 Å². The predicted molar refractivity (Wildman–Crippen MR) is 74.6 cm³/mol. The van der Waals surface area contributed by atoms with Gasteiger partial charge in [0.05, 0.1) is 6.61 Å². The number of rotatable bonds is 6. The third-order valence-corrected chi connectivity index (χ3v) is 2.85. The lowest BCUT2D eigenvalue weighted by atomic mass is 10.2. The van der Waals surface area contributed by atoms with Gasteiger partial charge in [-0.3, -0.25) is 4.79 Å². The van der Waals surface area contributed by atoms with Gasteiger partial charge in [-0.25, -0.2) is 4.98 Å². The molecule has 4 nitrogen and oxygen atoms in total. The second-order valence-corrected chi connectivity index (χ2v) is 5.42. The van der Waals surface area contributed by atoms with Gasteiger partial charge in [-0.1, -0.05) is 13.8 Å². The minimum atomic E-state index is -0.0479. The van der Waals surface area contributed by atoms with Crippen molar-refractivity contribution in [2.24, 2.45) is 5.92 Å². The zero-order chi connectivity index (χ0) is 13.5. The molecule has 100 valence electrons. The Labute approximate surface area is 116 Å². The number of carbonyl (C=O) groups is 1. The van der Waals surface area contributed by atoms with Crippen LogP contribution in [0.3, 0.4) is 0 Å². The first kappa shape index (κ1) is 15.1. The summed E-state index contributed by atoms with van der Waals surface area (Å²) in [5, 5.41) is 0. The maximum absolute atomic E-state index is 12.3. The Hall–Kier alpha value is -0.940. The van der Waals surface area contributed by atoms with Crippen molar-refractivity contribution in [3.63, 3.8) is 0 Å². The number of hydrogen-bond donors (Lipinski definition) is 0. The quantitative estimate of drug-likeness (QED) is 0.810. The minimum absolute atomic E-state index is 0.0479. The fourth-order valence-electron chi connectivity index (χ4n) is 1.58. The van der Waals surface area contributed by atoms with Gasteiger partial charge < -0.3 is 9.64 Å². The summed E-state index contributed by atoms with van der Waals surface area (Å²) in [6.45, 7) is 6.00. The molecule has 0 spiro atoms. The number of aromatic nitrogens is 1. The molecule has 5 heteroatoms. The average Bonchev–Trinajstić information content (AvgIpc) is 2.34. The Balaban J connectivity index is 2.77. The van der Waals surface area contributed by atoms with Crippen LogP contribution < -0.4 is 0 Å². The normalized spacial score (nSPS) is 10.7. The van der Waals surface area contributed by atoms with Crippen LogP contribution in [0, 0.1) is 5.92 Å². The molecular formula is C13H19BrN2O2. The number of ether oxygens (including phenoxy) is 1. The molecule has 0 bridgehead atoms. The van der Waals surface area contributed by atoms with E-state index in [2.05, 4.69) is 34.8 Å². The van der Waals surface area contributed by atoms with Crippen LogP contribution in [0.5, 0.6) is 0 Å². The van der Waals surface area contributed by atoms with Gasteiger partial charge in [0, 0.05) is 30.9 Å². The van der Waals surface area contributed by atoms with Gasteiger partial charge in [-0.15, -0.1) is 0 Å². The largest absolute Gasteiger partial charge is 0.383 e. The van der Waals surface area contributed by atoms with E-state index >= 15 is 0 Å². The highest BCUT2D eigenvalue weighted by Crippen LogP contribution is 2.10. The molecule has 0 fully saturated rings. The summed E-state index contributed by atoms with van der Waals surface area (Å²) in [5.41, 5.74) is 0.468. The Kier molecular flexibility index (Phi) is 6.29. The van der Waals surface area contributed by atoms with E-state index in [1.807, 2.05) is 6.07 Å². The summed E-state index contributed by atoms with van der Waals surface area (Å²) in [4.78, 5) is 18.2. The molecule has 0 aliphatic rings. The summed E-state index contributed by atoms with van der Waals surface area (Å²) in [6.07, 6.45) is 1.64. The number of hydrogen-bond acceptors (Lipinski definition) is 3. The molecule has 0 aliphatic heterocycles. The molecule has 1 heterocycles. The second-order valence-electron chi connectivity index (χ2n) is 4.50. The third kappa shape index (κ3) is 4.74. The standard InChI is InChI=1S/C13H19BrN2O2/c1-10(2)9-16(6-7-18-3)13(17)12-5-4-11(14)8-15-12/h4-5,8,10H,6-7,9H2,1-3H3. The van der Waals surface area contributed by atoms with E-state index in [1.165, 1.54) is 0 Å². The molecule has 1 rings (SSSR count). The topological polar surface area (TPSA) is 42.4 Å². The summed E-state index contributed by atoms with van der Waals surface area (Å²) in [5.74, 6) is 0.370. The molecule has 0 atom stereocenters. The fraction of sp³-hybridized carbons (Fsp3) is 0.538. The number of nitrogens with zero attached hydrogens (tertiary/aromatic N) is 2. The van der Waals surface area contributed by atoms with Crippen LogP contribution in [0.4, 0.5) is 0 Å². The van der Waals surface area contributed by atoms with Crippen LogP contribution in [0.25, 0.3) is 0 Å². The molecule has 18 heavy (non-hydrogen) atoms. The SMILES string of the molecule is COCCN(CC(C)C)C(=O)c1ccc(Br)cn1. The Morgan fingerprint density at radius 3 is 2.72 bits per heavy atom. The molecule has 0 N–H and O–H groups in total. The van der Waals surface area contributed by atoms with E-state index < -0.39 is 0 Å². The minimum Gasteiger partial charge on any atom is -0.383 e. The molecule has 0 aliphatic carbocycles. The monoisotopic (exact) mass is 314 g/mol. The van der Waals surface area contributed by atoms with Crippen LogP contribution in [-0.2, 0) is 4.74 Å². The Bertz CT molecular complexity index is 379. The molecule has 0 saturated heterocycles. The second kappa shape index (κ2) is 7.48. The third-order valence-electron chi connectivity index (χ3n) is 2.38. The van der Waals surface area contributed by atoms with Crippen molar-refractivity contribution in [2.75, 3.05) is 26.8 Å². The smallest absolute Gasteiger partial charge is 0.272 e. The van der Waals surface area contributed by atoms with Gasteiger partial charge in [0.15, 0.2) is 0 Å². The van der Waals surface area contributed by atoms with E-state index in [-0.39, 0.29) is 5.91 Å². The van der Waals surface area contributed by atoms with Gasteiger partial charge in [-0.05, 0) is 34.0 Å². The van der Waals surface area contributed by atoms with Gasteiger partial charge in [0.2, 0.25) is 0 Å². The lowest BCUT2D eigenvalue weighted by Gasteiger charge is -2.23.